The lowest BCUT2D eigenvalue weighted by atomic mass is 10.4. The van der Waals surface area contributed by atoms with E-state index in [9.17, 15) is 8.42 Å². The van der Waals surface area contributed by atoms with Gasteiger partial charge < -0.3 is 15.3 Å². The van der Waals surface area contributed by atoms with E-state index < -0.39 is 29.3 Å². The topological polar surface area (TPSA) is 115 Å². The maximum absolute atomic E-state index is 10.4. The Bertz CT molecular complexity index is 247. The van der Waals surface area contributed by atoms with Gasteiger partial charge in [0.15, 0.2) is 13.5 Å². The lowest BCUT2D eigenvalue weighted by molar-refractivity contribution is -0.959. The van der Waals surface area contributed by atoms with Crippen molar-refractivity contribution in [1.29, 1.82) is 0 Å². The standard InChI is InChI=1S/C6H15NO6S/c8-3-1-7(5-9,6-10)2-4-14(11,12)13/h8-10H,1-6H2/p+1. The molecule has 0 aliphatic carbocycles. The van der Waals surface area contributed by atoms with Crippen molar-refractivity contribution in [2.24, 2.45) is 0 Å². The van der Waals surface area contributed by atoms with E-state index in [2.05, 4.69) is 0 Å². The zero-order chi connectivity index (χ0) is 11.2. The number of nitrogens with zero attached hydrogens (tertiary/aromatic N) is 1. The second-order valence-electron chi connectivity index (χ2n) is 3.08. The van der Waals surface area contributed by atoms with Gasteiger partial charge >= 0.3 is 0 Å². The van der Waals surface area contributed by atoms with Crippen molar-refractivity contribution in [3.05, 3.63) is 0 Å². The van der Waals surface area contributed by atoms with E-state index in [0.717, 1.165) is 0 Å². The van der Waals surface area contributed by atoms with Gasteiger partial charge in [0.2, 0.25) is 0 Å². The molecule has 0 aliphatic heterocycles. The van der Waals surface area contributed by atoms with Gasteiger partial charge in [-0.05, 0) is 0 Å². The highest BCUT2D eigenvalue weighted by molar-refractivity contribution is 7.85. The van der Waals surface area contributed by atoms with Crippen LogP contribution in [0.4, 0.5) is 0 Å². The van der Waals surface area contributed by atoms with Crippen LogP contribution in [0.25, 0.3) is 0 Å². The Hall–Kier alpha value is -0.250. The first-order valence-electron chi connectivity index (χ1n) is 4.02. The highest BCUT2D eigenvalue weighted by Crippen LogP contribution is 2.04. The van der Waals surface area contributed by atoms with Crippen LogP contribution in [-0.4, -0.2) is 71.7 Å². The quantitative estimate of drug-likeness (QED) is 0.220. The van der Waals surface area contributed by atoms with E-state index in [1.54, 1.807) is 0 Å². The van der Waals surface area contributed by atoms with Gasteiger partial charge in [0, 0.05) is 0 Å². The number of aliphatic hydroxyl groups is 3. The third-order valence-electron chi connectivity index (χ3n) is 2.00. The molecule has 0 heterocycles. The Kier molecular flexibility index (Phi) is 5.49. The number of rotatable bonds is 7. The average molecular weight is 230 g/mol. The molecule has 0 atom stereocenters. The zero-order valence-corrected chi connectivity index (χ0v) is 8.52. The van der Waals surface area contributed by atoms with E-state index in [1.807, 2.05) is 0 Å². The van der Waals surface area contributed by atoms with Gasteiger partial charge in [-0.3, -0.25) is 9.04 Å². The first-order chi connectivity index (χ1) is 6.39. The molecule has 0 saturated heterocycles. The summed E-state index contributed by atoms with van der Waals surface area (Å²) in [6.45, 7) is -1.39. The molecule has 86 valence electrons. The van der Waals surface area contributed by atoms with Crippen LogP contribution in [-0.2, 0) is 10.1 Å². The first kappa shape index (κ1) is 13.8. The van der Waals surface area contributed by atoms with Crippen LogP contribution in [0.2, 0.25) is 0 Å². The minimum absolute atomic E-state index is 0.0303. The smallest absolute Gasteiger partial charge is 0.270 e. The normalized spacial score (nSPS) is 13.1. The summed E-state index contributed by atoms with van der Waals surface area (Å²) < 4.78 is 29.0. The van der Waals surface area contributed by atoms with Gasteiger partial charge in [0.25, 0.3) is 10.1 Å². The average Bonchev–Trinajstić information content (AvgIpc) is 2.11. The highest BCUT2D eigenvalue weighted by atomic mass is 32.2. The molecular formula is C6H16NO6S+. The van der Waals surface area contributed by atoms with Crippen LogP contribution in [0.5, 0.6) is 0 Å². The fraction of sp³-hybridized carbons (Fsp3) is 1.00. The zero-order valence-electron chi connectivity index (χ0n) is 7.70. The molecule has 7 nitrogen and oxygen atoms in total. The molecule has 0 aromatic rings. The van der Waals surface area contributed by atoms with Crippen LogP contribution < -0.4 is 0 Å². The highest BCUT2D eigenvalue weighted by Gasteiger charge is 2.26. The lowest BCUT2D eigenvalue weighted by Gasteiger charge is -2.33. The minimum Gasteiger partial charge on any atom is -0.391 e. The Morgan fingerprint density at radius 2 is 1.50 bits per heavy atom. The summed E-state index contributed by atoms with van der Waals surface area (Å²) in [5.74, 6) is -0.561. The first-order valence-corrected chi connectivity index (χ1v) is 5.63. The van der Waals surface area contributed by atoms with Gasteiger partial charge in [0.1, 0.15) is 12.3 Å². The third kappa shape index (κ3) is 4.84. The van der Waals surface area contributed by atoms with Crippen molar-refractivity contribution >= 4 is 10.1 Å². The molecule has 0 aromatic carbocycles. The van der Waals surface area contributed by atoms with Crippen molar-refractivity contribution in [3.63, 3.8) is 0 Å². The van der Waals surface area contributed by atoms with Crippen LogP contribution in [0.3, 0.4) is 0 Å². The number of hydrogen-bond acceptors (Lipinski definition) is 5. The molecule has 0 aliphatic rings. The fourth-order valence-corrected chi connectivity index (χ4v) is 1.58. The Morgan fingerprint density at radius 1 is 1.00 bits per heavy atom. The van der Waals surface area contributed by atoms with Gasteiger partial charge in [-0.15, -0.1) is 0 Å². The molecule has 0 bridgehead atoms. The summed E-state index contributed by atoms with van der Waals surface area (Å²) in [6.07, 6.45) is 0. The number of hydrogen-bond donors (Lipinski definition) is 4. The van der Waals surface area contributed by atoms with Crippen molar-refractivity contribution in [2.75, 3.05) is 38.9 Å². The van der Waals surface area contributed by atoms with Crippen LogP contribution in [0.1, 0.15) is 0 Å². The molecule has 8 heteroatoms. The van der Waals surface area contributed by atoms with Gasteiger partial charge in [-0.25, -0.2) is 0 Å². The number of aliphatic hydroxyl groups excluding tert-OH is 3. The molecular weight excluding hydrogens is 214 g/mol. The van der Waals surface area contributed by atoms with Crippen molar-refractivity contribution < 1.29 is 32.8 Å². The number of quaternary nitrogens is 1. The van der Waals surface area contributed by atoms with Crippen molar-refractivity contribution in [1.82, 2.24) is 0 Å². The molecule has 0 amide bonds. The van der Waals surface area contributed by atoms with Crippen LogP contribution in [0, 0.1) is 0 Å². The Balaban J connectivity index is 4.35. The Morgan fingerprint density at radius 3 is 1.79 bits per heavy atom. The predicted molar refractivity (Wildman–Crippen MR) is 47.7 cm³/mol. The molecule has 0 saturated carbocycles. The molecule has 0 aromatic heterocycles. The van der Waals surface area contributed by atoms with Crippen LogP contribution in [0.15, 0.2) is 0 Å². The molecule has 4 N–H and O–H groups in total. The van der Waals surface area contributed by atoms with E-state index >= 15 is 0 Å². The Labute approximate surface area is 82.5 Å². The minimum atomic E-state index is -4.12. The lowest BCUT2D eigenvalue weighted by Crippen LogP contribution is -2.53. The van der Waals surface area contributed by atoms with E-state index in [4.69, 9.17) is 19.9 Å². The summed E-state index contributed by atoms with van der Waals surface area (Å²) in [5.41, 5.74) is 0. The summed E-state index contributed by atoms with van der Waals surface area (Å²) in [4.78, 5) is 0. The van der Waals surface area contributed by atoms with Crippen LogP contribution >= 0.6 is 0 Å². The van der Waals surface area contributed by atoms with Crippen molar-refractivity contribution in [2.45, 2.75) is 0 Å². The molecule has 0 spiro atoms. The maximum atomic E-state index is 10.4. The maximum Gasteiger partial charge on any atom is 0.270 e. The van der Waals surface area contributed by atoms with Crippen molar-refractivity contribution in [3.8, 4) is 0 Å². The van der Waals surface area contributed by atoms with Gasteiger partial charge in [-0.1, -0.05) is 0 Å². The molecule has 0 unspecified atom stereocenters. The van der Waals surface area contributed by atoms with Gasteiger partial charge in [-0.2, -0.15) is 8.42 Å². The largest absolute Gasteiger partial charge is 0.391 e. The predicted octanol–water partition coefficient (Wildman–Crippen LogP) is -2.42. The van der Waals surface area contributed by atoms with Gasteiger partial charge in [0.05, 0.1) is 13.2 Å². The summed E-state index contributed by atoms with van der Waals surface area (Å²) in [7, 11) is -4.12. The summed E-state index contributed by atoms with van der Waals surface area (Å²) in [6, 6.07) is 0. The molecule has 0 radical (unpaired) electrons. The second kappa shape index (κ2) is 5.59. The van der Waals surface area contributed by atoms with E-state index in [1.165, 1.54) is 0 Å². The van der Waals surface area contributed by atoms with E-state index in [0.29, 0.717) is 0 Å². The summed E-state index contributed by atoms with van der Waals surface area (Å²) in [5, 5.41) is 26.5. The molecule has 14 heavy (non-hydrogen) atoms. The third-order valence-corrected chi connectivity index (χ3v) is 2.70. The molecule has 0 rings (SSSR count). The second-order valence-corrected chi connectivity index (χ2v) is 4.65. The SMILES string of the molecule is O=S(=O)(O)CC[N+](CO)(CO)CCO. The fourth-order valence-electron chi connectivity index (χ4n) is 0.961. The molecule has 0 fully saturated rings. The van der Waals surface area contributed by atoms with E-state index in [-0.39, 0.29) is 24.2 Å². The monoisotopic (exact) mass is 230 g/mol. The summed E-state index contributed by atoms with van der Waals surface area (Å²) >= 11 is 0.